The summed E-state index contributed by atoms with van der Waals surface area (Å²) in [4.78, 5) is 28.4. The number of pyridine rings is 1. The van der Waals surface area contributed by atoms with Gasteiger partial charge in [0.15, 0.2) is 0 Å². The molecule has 5 nitrogen and oxygen atoms in total. The number of nitrogens with zero attached hydrogens (tertiary/aromatic N) is 1. The zero-order valence-corrected chi connectivity index (χ0v) is 14.1. The number of hydrogen-bond donors (Lipinski definition) is 2. The van der Waals surface area contributed by atoms with Crippen molar-refractivity contribution in [2.45, 2.75) is 26.7 Å². The van der Waals surface area contributed by atoms with Gasteiger partial charge in [0.05, 0.1) is 0 Å². The molecule has 0 saturated carbocycles. The standard InChI is InChI=1S/C19H23N3O2/c1-3-10-20-18(23)16-5-4-6-17(12-16)19(24)21-11-9-15-8-7-14(2)22-13-15/h4-8,12-13H,3,9-11H2,1-2H3,(H,20,23)(H,21,24). The average molecular weight is 325 g/mol. The molecule has 0 fully saturated rings. The maximum atomic E-state index is 12.2. The topological polar surface area (TPSA) is 71.1 Å². The van der Waals surface area contributed by atoms with Crippen LogP contribution in [0.1, 0.15) is 45.3 Å². The first-order valence-corrected chi connectivity index (χ1v) is 8.18. The van der Waals surface area contributed by atoms with Gasteiger partial charge in [0.1, 0.15) is 0 Å². The van der Waals surface area contributed by atoms with E-state index >= 15 is 0 Å². The number of benzene rings is 1. The maximum Gasteiger partial charge on any atom is 0.251 e. The van der Waals surface area contributed by atoms with Gasteiger partial charge in [-0.15, -0.1) is 0 Å². The Labute approximate surface area is 142 Å². The molecule has 0 bridgehead atoms. The van der Waals surface area contributed by atoms with E-state index in [9.17, 15) is 9.59 Å². The highest BCUT2D eigenvalue weighted by Crippen LogP contribution is 2.06. The van der Waals surface area contributed by atoms with E-state index in [0.717, 1.165) is 24.1 Å². The van der Waals surface area contributed by atoms with Crippen molar-refractivity contribution in [1.29, 1.82) is 0 Å². The number of nitrogens with one attached hydrogen (secondary N) is 2. The van der Waals surface area contributed by atoms with E-state index in [1.165, 1.54) is 0 Å². The third-order valence-corrected chi connectivity index (χ3v) is 3.59. The highest BCUT2D eigenvalue weighted by molar-refractivity contribution is 5.99. The fraction of sp³-hybridized carbons (Fsp3) is 0.316. The van der Waals surface area contributed by atoms with Crippen molar-refractivity contribution in [2.75, 3.05) is 13.1 Å². The van der Waals surface area contributed by atoms with Gasteiger partial charge in [-0.05, 0) is 49.6 Å². The second kappa shape index (κ2) is 8.82. The normalized spacial score (nSPS) is 10.2. The first-order chi connectivity index (χ1) is 11.6. The van der Waals surface area contributed by atoms with Gasteiger partial charge in [0.2, 0.25) is 0 Å². The largest absolute Gasteiger partial charge is 0.352 e. The molecule has 2 amide bonds. The SMILES string of the molecule is CCCNC(=O)c1cccc(C(=O)NCCc2ccc(C)nc2)c1. The number of aryl methyl sites for hydroxylation is 1. The van der Waals surface area contributed by atoms with Gasteiger partial charge in [-0.3, -0.25) is 14.6 Å². The number of amides is 2. The van der Waals surface area contributed by atoms with E-state index in [0.29, 0.717) is 24.2 Å². The van der Waals surface area contributed by atoms with Crippen LogP contribution in [0.25, 0.3) is 0 Å². The van der Waals surface area contributed by atoms with Crippen LogP contribution in [0, 0.1) is 6.92 Å². The van der Waals surface area contributed by atoms with E-state index < -0.39 is 0 Å². The molecular formula is C19H23N3O2. The first-order valence-electron chi connectivity index (χ1n) is 8.18. The molecule has 2 N–H and O–H groups in total. The van der Waals surface area contributed by atoms with Gasteiger partial charge >= 0.3 is 0 Å². The monoisotopic (exact) mass is 325 g/mol. The lowest BCUT2D eigenvalue weighted by molar-refractivity contribution is 0.0953. The third-order valence-electron chi connectivity index (χ3n) is 3.59. The molecule has 5 heteroatoms. The highest BCUT2D eigenvalue weighted by Gasteiger charge is 2.09. The number of carbonyl (C=O) groups is 2. The van der Waals surface area contributed by atoms with Crippen molar-refractivity contribution in [3.63, 3.8) is 0 Å². The molecule has 2 rings (SSSR count). The lowest BCUT2D eigenvalue weighted by atomic mass is 10.1. The number of aromatic nitrogens is 1. The second-order valence-corrected chi connectivity index (χ2v) is 5.65. The Bertz CT molecular complexity index is 696. The maximum absolute atomic E-state index is 12.2. The van der Waals surface area contributed by atoms with Crippen LogP contribution in [0.5, 0.6) is 0 Å². The molecule has 1 aromatic heterocycles. The molecule has 0 saturated heterocycles. The van der Waals surface area contributed by atoms with Gasteiger partial charge in [-0.1, -0.05) is 19.1 Å². The predicted molar refractivity (Wildman–Crippen MR) is 94.1 cm³/mol. The summed E-state index contributed by atoms with van der Waals surface area (Å²) in [6, 6.07) is 10.7. The lowest BCUT2D eigenvalue weighted by Gasteiger charge is -2.08. The summed E-state index contributed by atoms with van der Waals surface area (Å²) in [5, 5.41) is 5.68. The van der Waals surface area contributed by atoms with E-state index in [-0.39, 0.29) is 11.8 Å². The van der Waals surface area contributed by atoms with Crippen molar-refractivity contribution in [3.05, 3.63) is 65.0 Å². The van der Waals surface area contributed by atoms with Crippen LogP contribution < -0.4 is 10.6 Å². The Morgan fingerprint density at radius 1 is 1.00 bits per heavy atom. The minimum atomic E-state index is -0.180. The fourth-order valence-electron chi connectivity index (χ4n) is 2.21. The molecule has 0 aliphatic carbocycles. The van der Waals surface area contributed by atoms with Gasteiger partial charge in [-0.25, -0.2) is 0 Å². The van der Waals surface area contributed by atoms with Crippen molar-refractivity contribution in [3.8, 4) is 0 Å². The molecule has 0 aliphatic rings. The van der Waals surface area contributed by atoms with Crippen molar-refractivity contribution >= 4 is 11.8 Å². The molecule has 0 spiro atoms. The molecule has 0 atom stereocenters. The number of hydrogen-bond acceptors (Lipinski definition) is 3. The number of carbonyl (C=O) groups excluding carboxylic acids is 2. The highest BCUT2D eigenvalue weighted by atomic mass is 16.2. The molecule has 24 heavy (non-hydrogen) atoms. The zero-order chi connectivity index (χ0) is 17.4. The average Bonchev–Trinajstić information content (AvgIpc) is 2.61. The van der Waals surface area contributed by atoms with Crippen molar-refractivity contribution in [2.24, 2.45) is 0 Å². The quantitative estimate of drug-likeness (QED) is 0.821. The van der Waals surface area contributed by atoms with Crippen LogP contribution in [-0.4, -0.2) is 29.9 Å². The van der Waals surface area contributed by atoms with E-state index in [2.05, 4.69) is 15.6 Å². The van der Waals surface area contributed by atoms with Crippen LogP contribution in [0.15, 0.2) is 42.6 Å². The van der Waals surface area contributed by atoms with Gasteiger partial charge in [-0.2, -0.15) is 0 Å². The summed E-state index contributed by atoms with van der Waals surface area (Å²) in [6.45, 7) is 5.08. The predicted octanol–water partition coefficient (Wildman–Crippen LogP) is 2.50. The minimum absolute atomic E-state index is 0.155. The molecule has 0 unspecified atom stereocenters. The summed E-state index contributed by atoms with van der Waals surface area (Å²) in [6.07, 6.45) is 3.41. The molecule has 1 heterocycles. The molecule has 2 aromatic rings. The molecule has 0 aliphatic heterocycles. The van der Waals surface area contributed by atoms with Crippen LogP contribution in [0.3, 0.4) is 0 Å². The van der Waals surface area contributed by atoms with Crippen LogP contribution >= 0.6 is 0 Å². The van der Waals surface area contributed by atoms with Crippen LogP contribution in [-0.2, 0) is 6.42 Å². The van der Waals surface area contributed by atoms with E-state index in [1.807, 2.05) is 32.2 Å². The molecule has 0 radical (unpaired) electrons. The Morgan fingerprint density at radius 3 is 2.25 bits per heavy atom. The fourth-order valence-corrected chi connectivity index (χ4v) is 2.21. The van der Waals surface area contributed by atoms with Gasteiger partial charge < -0.3 is 10.6 Å². The third kappa shape index (κ3) is 5.19. The molecule has 126 valence electrons. The Morgan fingerprint density at radius 2 is 1.67 bits per heavy atom. The summed E-state index contributed by atoms with van der Waals surface area (Å²) >= 11 is 0. The smallest absolute Gasteiger partial charge is 0.251 e. The lowest BCUT2D eigenvalue weighted by Crippen LogP contribution is -2.27. The van der Waals surface area contributed by atoms with Crippen LogP contribution in [0.2, 0.25) is 0 Å². The molecule has 1 aromatic carbocycles. The summed E-state index contributed by atoms with van der Waals surface area (Å²) in [7, 11) is 0. The Balaban J connectivity index is 1.90. The summed E-state index contributed by atoms with van der Waals surface area (Å²) in [5.74, 6) is -0.336. The zero-order valence-electron chi connectivity index (χ0n) is 14.1. The van der Waals surface area contributed by atoms with Gasteiger partial charge in [0.25, 0.3) is 11.8 Å². The van der Waals surface area contributed by atoms with E-state index in [1.54, 1.807) is 24.3 Å². The van der Waals surface area contributed by atoms with Crippen molar-refractivity contribution < 1.29 is 9.59 Å². The number of rotatable bonds is 7. The van der Waals surface area contributed by atoms with Crippen LogP contribution in [0.4, 0.5) is 0 Å². The van der Waals surface area contributed by atoms with Crippen molar-refractivity contribution in [1.82, 2.24) is 15.6 Å². The summed E-state index contributed by atoms with van der Waals surface area (Å²) in [5.41, 5.74) is 3.04. The minimum Gasteiger partial charge on any atom is -0.352 e. The van der Waals surface area contributed by atoms with E-state index in [4.69, 9.17) is 0 Å². The molecular weight excluding hydrogens is 302 g/mol. The first kappa shape index (κ1) is 17.7. The second-order valence-electron chi connectivity index (χ2n) is 5.65. The Kier molecular flexibility index (Phi) is 6.49. The Hall–Kier alpha value is -2.69. The summed E-state index contributed by atoms with van der Waals surface area (Å²) < 4.78 is 0. The van der Waals surface area contributed by atoms with Gasteiger partial charge in [0, 0.05) is 36.1 Å².